The van der Waals surface area contributed by atoms with Crippen molar-refractivity contribution in [3.8, 4) is 0 Å². The van der Waals surface area contributed by atoms with Gasteiger partial charge in [0, 0.05) is 12.1 Å². The van der Waals surface area contributed by atoms with Crippen molar-refractivity contribution in [2.75, 3.05) is 13.1 Å². The first kappa shape index (κ1) is 24.4. The van der Waals surface area contributed by atoms with Crippen LogP contribution in [0.1, 0.15) is 40.2 Å². The van der Waals surface area contributed by atoms with Gasteiger partial charge in [0.2, 0.25) is 11.8 Å². The number of carbonyl (C=O) groups is 2. The van der Waals surface area contributed by atoms with E-state index in [1.54, 1.807) is 12.1 Å². The molecule has 2 rings (SSSR count). The zero-order valence-corrected chi connectivity index (χ0v) is 19.1. The average molecular weight is 514 g/mol. The predicted octanol–water partition coefficient (Wildman–Crippen LogP) is 1.38. The largest absolute Gasteiger partial charge is 0.444 e. The molecule has 10 heteroatoms. The van der Waals surface area contributed by atoms with Gasteiger partial charge in [0.25, 0.3) is 5.91 Å². The van der Waals surface area contributed by atoms with Crippen molar-refractivity contribution >= 4 is 41.8 Å². The molecule has 1 aromatic carbocycles. The Balaban J connectivity index is 0.00000420. The average Bonchev–Trinajstić information content (AvgIpc) is 3.00. The smallest absolute Gasteiger partial charge is 0.251 e. The molecule has 5 N–H and O–H groups in total. The van der Waals surface area contributed by atoms with Crippen LogP contribution in [-0.2, 0) is 17.9 Å². The quantitative estimate of drug-likeness (QED) is 0.239. The number of nitrogens with two attached hydrogens (primary N) is 1. The third-order valence-electron chi connectivity index (χ3n) is 3.88. The van der Waals surface area contributed by atoms with Crippen LogP contribution < -0.4 is 21.7 Å². The summed E-state index contributed by atoms with van der Waals surface area (Å²) in [6.07, 6.45) is 0. The lowest BCUT2D eigenvalue weighted by molar-refractivity contribution is -0.117. The highest BCUT2D eigenvalue weighted by molar-refractivity contribution is 14.0. The topological polar surface area (TPSA) is 135 Å². The van der Waals surface area contributed by atoms with Crippen molar-refractivity contribution in [1.29, 1.82) is 0 Å². The molecule has 158 valence electrons. The minimum atomic E-state index is -0.585. The monoisotopic (exact) mass is 514 g/mol. The molecule has 0 atom stereocenters. The van der Waals surface area contributed by atoms with Gasteiger partial charge in [0.1, 0.15) is 5.76 Å². The molecule has 0 unspecified atom stereocenters. The Morgan fingerprint density at radius 3 is 2.38 bits per heavy atom. The van der Waals surface area contributed by atoms with E-state index in [1.165, 1.54) is 0 Å². The Morgan fingerprint density at radius 2 is 1.83 bits per heavy atom. The van der Waals surface area contributed by atoms with E-state index in [1.807, 2.05) is 32.9 Å². The Morgan fingerprint density at radius 1 is 1.14 bits per heavy atom. The summed E-state index contributed by atoms with van der Waals surface area (Å²) < 4.78 is 5.55. The molecule has 0 saturated heterocycles. The number of nitrogens with zero attached hydrogens (tertiary/aromatic N) is 2. The van der Waals surface area contributed by atoms with Crippen LogP contribution in [0.15, 0.2) is 33.7 Å². The number of carbonyl (C=O) groups excluding carboxylic acids is 2. The Kier molecular flexibility index (Phi) is 10.1. The van der Waals surface area contributed by atoms with Crippen LogP contribution in [0, 0.1) is 13.8 Å². The van der Waals surface area contributed by atoms with Crippen LogP contribution >= 0.6 is 24.0 Å². The van der Waals surface area contributed by atoms with Gasteiger partial charge >= 0.3 is 0 Å². The van der Waals surface area contributed by atoms with Gasteiger partial charge in [0.15, 0.2) is 5.96 Å². The van der Waals surface area contributed by atoms with Gasteiger partial charge < -0.3 is 26.1 Å². The number of aryl methyl sites for hydroxylation is 2. The molecule has 0 spiro atoms. The molecule has 2 aromatic rings. The summed E-state index contributed by atoms with van der Waals surface area (Å²) in [7, 11) is 0. The molecule has 0 aliphatic carbocycles. The normalized spacial score (nSPS) is 10.8. The molecule has 1 aromatic heterocycles. The predicted molar refractivity (Wildman–Crippen MR) is 121 cm³/mol. The maximum Gasteiger partial charge on any atom is 0.251 e. The number of rotatable bonds is 8. The highest BCUT2D eigenvalue weighted by Crippen LogP contribution is 2.08. The van der Waals surface area contributed by atoms with Crippen molar-refractivity contribution in [3.05, 3.63) is 52.7 Å². The molecule has 0 bridgehead atoms. The van der Waals surface area contributed by atoms with Crippen molar-refractivity contribution in [1.82, 2.24) is 20.9 Å². The lowest BCUT2D eigenvalue weighted by atomic mass is 10.1. The number of nitrogens with one attached hydrogen (secondary N) is 3. The van der Waals surface area contributed by atoms with Gasteiger partial charge in [0.05, 0.1) is 25.3 Å². The number of amides is 2. The van der Waals surface area contributed by atoms with E-state index in [9.17, 15) is 9.59 Å². The molecular formula is C19H27IN6O3. The van der Waals surface area contributed by atoms with E-state index < -0.39 is 5.91 Å². The molecule has 29 heavy (non-hydrogen) atoms. The van der Waals surface area contributed by atoms with Gasteiger partial charge in [-0.3, -0.25) is 9.59 Å². The summed E-state index contributed by atoms with van der Waals surface area (Å²) in [6.45, 7) is 7.15. The summed E-state index contributed by atoms with van der Waals surface area (Å²) in [4.78, 5) is 31.5. The van der Waals surface area contributed by atoms with Gasteiger partial charge in [-0.25, -0.2) is 9.98 Å². The standard InChI is InChI=1S/C19H26N6O3.HI/c1-4-21-19(24-11-17-25-12(2)13(3)28-17)23-9-14-5-7-15(8-6-14)18(27)22-10-16(20)26;/h5-8H,4,9-11H2,1-3H3,(H2,20,26)(H,22,27)(H2,21,23,24);1H. The number of hydrogen-bond donors (Lipinski definition) is 4. The van der Waals surface area contributed by atoms with E-state index >= 15 is 0 Å². The van der Waals surface area contributed by atoms with E-state index in [2.05, 4.69) is 25.9 Å². The SMILES string of the molecule is CCNC(=NCc1ccc(C(=O)NCC(N)=O)cc1)NCc1nc(C)c(C)o1.I. The minimum absolute atomic E-state index is 0. The van der Waals surface area contributed by atoms with Crippen LogP contribution in [0.2, 0.25) is 0 Å². The van der Waals surface area contributed by atoms with Gasteiger partial charge in [-0.05, 0) is 38.5 Å². The molecular weight excluding hydrogens is 487 g/mol. The maximum atomic E-state index is 11.9. The number of aliphatic imine (C=N–C) groups is 1. The Labute approximate surface area is 187 Å². The number of benzene rings is 1. The van der Waals surface area contributed by atoms with Gasteiger partial charge in [-0.2, -0.15) is 0 Å². The van der Waals surface area contributed by atoms with Crippen LogP contribution in [0.25, 0.3) is 0 Å². The fourth-order valence-corrected chi connectivity index (χ4v) is 2.32. The fourth-order valence-electron chi connectivity index (χ4n) is 2.32. The van der Waals surface area contributed by atoms with Crippen LogP contribution in [0.4, 0.5) is 0 Å². The molecule has 2 amide bonds. The Bertz CT molecular complexity index is 829. The van der Waals surface area contributed by atoms with Crippen LogP contribution in [0.3, 0.4) is 0 Å². The summed E-state index contributed by atoms with van der Waals surface area (Å²) in [5.41, 5.74) is 7.28. The highest BCUT2D eigenvalue weighted by atomic mass is 127. The lowest BCUT2D eigenvalue weighted by Gasteiger charge is -2.10. The van der Waals surface area contributed by atoms with Crippen molar-refractivity contribution < 1.29 is 14.0 Å². The summed E-state index contributed by atoms with van der Waals surface area (Å²) in [5.74, 6) is 1.11. The zero-order chi connectivity index (χ0) is 20.5. The number of primary amides is 1. The van der Waals surface area contributed by atoms with Crippen molar-refractivity contribution in [3.63, 3.8) is 0 Å². The second-order valence-electron chi connectivity index (χ2n) is 6.14. The maximum absolute atomic E-state index is 11.9. The van der Waals surface area contributed by atoms with Crippen molar-refractivity contribution in [2.45, 2.75) is 33.9 Å². The third-order valence-corrected chi connectivity index (χ3v) is 3.88. The summed E-state index contributed by atoms with van der Waals surface area (Å²) in [5, 5.41) is 8.79. The second kappa shape index (κ2) is 12.0. The first-order chi connectivity index (χ1) is 13.4. The highest BCUT2D eigenvalue weighted by Gasteiger charge is 2.08. The number of guanidine groups is 1. The van der Waals surface area contributed by atoms with Gasteiger partial charge in [-0.15, -0.1) is 24.0 Å². The van der Waals surface area contributed by atoms with Gasteiger partial charge in [-0.1, -0.05) is 12.1 Å². The molecule has 0 saturated carbocycles. The molecule has 9 nitrogen and oxygen atoms in total. The molecule has 1 heterocycles. The second-order valence-corrected chi connectivity index (χ2v) is 6.14. The number of hydrogen-bond acceptors (Lipinski definition) is 5. The molecule has 0 radical (unpaired) electrons. The fraction of sp³-hybridized carbons (Fsp3) is 0.368. The lowest BCUT2D eigenvalue weighted by Crippen LogP contribution is -2.36. The number of oxazole rings is 1. The van der Waals surface area contributed by atoms with Crippen LogP contribution in [0.5, 0.6) is 0 Å². The van der Waals surface area contributed by atoms with E-state index in [0.29, 0.717) is 37.0 Å². The molecule has 0 aliphatic heterocycles. The summed E-state index contributed by atoms with van der Waals surface area (Å²) >= 11 is 0. The number of halogens is 1. The van der Waals surface area contributed by atoms with E-state index in [0.717, 1.165) is 17.0 Å². The van der Waals surface area contributed by atoms with Crippen LogP contribution in [-0.4, -0.2) is 35.8 Å². The van der Waals surface area contributed by atoms with E-state index in [4.69, 9.17) is 10.2 Å². The number of aromatic nitrogens is 1. The minimum Gasteiger partial charge on any atom is -0.444 e. The first-order valence-electron chi connectivity index (χ1n) is 8.99. The summed E-state index contributed by atoms with van der Waals surface area (Å²) in [6, 6.07) is 6.99. The molecule has 0 aliphatic rings. The van der Waals surface area contributed by atoms with E-state index in [-0.39, 0.29) is 36.4 Å². The zero-order valence-electron chi connectivity index (χ0n) is 16.7. The third kappa shape index (κ3) is 8.10. The first-order valence-corrected chi connectivity index (χ1v) is 8.99. The molecule has 0 fully saturated rings. The Hall–Kier alpha value is -2.63. The van der Waals surface area contributed by atoms with Crippen molar-refractivity contribution in [2.24, 2.45) is 10.7 Å².